The van der Waals surface area contributed by atoms with Crippen molar-refractivity contribution in [1.29, 1.82) is 0 Å². The van der Waals surface area contributed by atoms with Gasteiger partial charge in [0.1, 0.15) is 11.4 Å². The zero-order valence-electron chi connectivity index (χ0n) is 12.6. The van der Waals surface area contributed by atoms with Gasteiger partial charge in [0, 0.05) is 23.7 Å². The second-order valence-electron chi connectivity index (χ2n) is 4.61. The van der Waals surface area contributed by atoms with Gasteiger partial charge in [-0.1, -0.05) is 23.7 Å². The summed E-state index contributed by atoms with van der Waals surface area (Å²) in [5.41, 5.74) is 0.914. The van der Waals surface area contributed by atoms with E-state index in [1.807, 2.05) is 42.8 Å². The van der Waals surface area contributed by atoms with Crippen LogP contribution in [0.1, 0.15) is 6.92 Å². The second kappa shape index (κ2) is 6.97. The maximum absolute atomic E-state index is 6.04. The van der Waals surface area contributed by atoms with Gasteiger partial charge in [-0.25, -0.2) is 9.97 Å². The number of rotatable bonds is 5. The molecule has 0 saturated carbocycles. The first kappa shape index (κ1) is 15.8. The zero-order valence-corrected chi connectivity index (χ0v) is 14.2. The number of benzene rings is 1. The number of aromatic nitrogens is 5. The molecular weight excluding hydrogens is 334 g/mol. The fraction of sp³-hybridized carbons (Fsp3) is 0.200. The number of halogens is 1. The number of hydrogen-bond acceptors (Lipinski definition) is 6. The van der Waals surface area contributed by atoms with Crippen molar-refractivity contribution in [2.24, 2.45) is 7.05 Å². The topological polar surface area (TPSA) is 65.7 Å². The first-order valence-electron chi connectivity index (χ1n) is 6.95. The van der Waals surface area contributed by atoms with Crippen LogP contribution in [0, 0.1) is 0 Å². The lowest BCUT2D eigenvalue weighted by atomic mass is 10.2. The highest BCUT2D eigenvalue weighted by Gasteiger charge is 2.13. The molecule has 0 aliphatic heterocycles. The van der Waals surface area contributed by atoms with E-state index in [2.05, 4.69) is 20.2 Å². The molecule has 118 valence electrons. The lowest BCUT2D eigenvalue weighted by Crippen LogP contribution is -1.97. The number of nitrogens with zero attached hydrogens (tertiary/aromatic N) is 5. The van der Waals surface area contributed by atoms with Crippen molar-refractivity contribution in [2.45, 2.75) is 17.1 Å². The Balaban J connectivity index is 1.86. The third kappa shape index (κ3) is 3.62. The predicted octanol–water partition coefficient (Wildman–Crippen LogP) is 3.48. The molecule has 0 radical (unpaired) electrons. The molecule has 0 saturated heterocycles. The van der Waals surface area contributed by atoms with E-state index in [1.165, 1.54) is 18.1 Å². The van der Waals surface area contributed by atoms with Crippen molar-refractivity contribution in [1.82, 2.24) is 24.7 Å². The Hall–Kier alpha value is -2.12. The average Bonchev–Trinajstić information content (AvgIpc) is 2.89. The van der Waals surface area contributed by atoms with E-state index < -0.39 is 0 Å². The SMILES string of the molecule is CCOc1cc(Sc2nnc(-c3cccc(Cl)c3)n2C)ncn1. The van der Waals surface area contributed by atoms with E-state index in [0.29, 0.717) is 17.5 Å². The van der Waals surface area contributed by atoms with Gasteiger partial charge in [-0.15, -0.1) is 10.2 Å². The molecule has 0 N–H and O–H groups in total. The standard InChI is InChI=1S/C15H14ClN5OS/c1-3-22-12-8-13(18-9-17-12)23-15-20-19-14(21(15)2)10-5-4-6-11(16)7-10/h4-9H,3H2,1-2H3. The summed E-state index contributed by atoms with van der Waals surface area (Å²) in [6, 6.07) is 9.30. The first-order chi connectivity index (χ1) is 11.2. The zero-order chi connectivity index (χ0) is 16.2. The molecule has 0 amide bonds. The van der Waals surface area contributed by atoms with Crippen molar-refractivity contribution < 1.29 is 4.74 Å². The molecule has 0 aliphatic rings. The Morgan fingerprint density at radius 3 is 2.87 bits per heavy atom. The van der Waals surface area contributed by atoms with Gasteiger partial charge in [-0.2, -0.15) is 0 Å². The Kier molecular flexibility index (Phi) is 4.78. The van der Waals surface area contributed by atoms with Gasteiger partial charge >= 0.3 is 0 Å². The van der Waals surface area contributed by atoms with E-state index in [0.717, 1.165) is 21.6 Å². The largest absolute Gasteiger partial charge is 0.478 e. The van der Waals surface area contributed by atoms with Crippen LogP contribution in [0.25, 0.3) is 11.4 Å². The summed E-state index contributed by atoms with van der Waals surface area (Å²) in [5.74, 6) is 1.29. The monoisotopic (exact) mass is 347 g/mol. The lowest BCUT2D eigenvalue weighted by Gasteiger charge is -2.05. The molecule has 0 spiro atoms. The summed E-state index contributed by atoms with van der Waals surface area (Å²) in [6.07, 6.45) is 1.47. The van der Waals surface area contributed by atoms with Gasteiger partial charge < -0.3 is 9.30 Å². The van der Waals surface area contributed by atoms with Crippen molar-refractivity contribution in [3.63, 3.8) is 0 Å². The van der Waals surface area contributed by atoms with Crippen LogP contribution in [0.4, 0.5) is 0 Å². The molecule has 0 fully saturated rings. The van der Waals surface area contributed by atoms with Crippen LogP contribution in [0.3, 0.4) is 0 Å². The quantitative estimate of drug-likeness (QED) is 0.658. The fourth-order valence-corrected chi connectivity index (χ4v) is 2.92. The maximum Gasteiger partial charge on any atom is 0.217 e. The van der Waals surface area contributed by atoms with Crippen LogP contribution >= 0.6 is 23.4 Å². The second-order valence-corrected chi connectivity index (χ2v) is 6.03. The van der Waals surface area contributed by atoms with Crippen LogP contribution in [-0.2, 0) is 7.05 Å². The van der Waals surface area contributed by atoms with Crippen LogP contribution in [-0.4, -0.2) is 31.3 Å². The first-order valence-corrected chi connectivity index (χ1v) is 8.15. The van der Waals surface area contributed by atoms with E-state index in [9.17, 15) is 0 Å². The summed E-state index contributed by atoms with van der Waals surface area (Å²) in [5, 5.41) is 10.6. The molecular formula is C15H14ClN5OS. The van der Waals surface area contributed by atoms with Crippen LogP contribution < -0.4 is 4.74 Å². The van der Waals surface area contributed by atoms with Crippen molar-refractivity contribution in [2.75, 3.05) is 6.61 Å². The van der Waals surface area contributed by atoms with Gasteiger partial charge in [-0.05, 0) is 30.8 Å². The van der Waals surface area contributed by atoms with Gasteiger partial charge in [0.25, 0.3) is 0 Å². The van der Waals surface area contributed by atoms with E-state index >= 15 is 0 Å². The van der Waals surface area contributed by atoms with E-state index in [4.69, 9.17) is 16.3 Å². The highest BCUT2D eigenvalue weighted by Crippen LogP contribution is 2.29. The molecule has 3 aromatic rings. The minimum absolute atomic E-state index is 0.544. The van der Waals surface area contributed by atoms with E-state index in [-0.39, 0.29) is 0 Å². The minimum Gasteiger partial charge on any atom is -0.478 e. The van der Waals surface area contributed by atoms with Crippen molar-refractivity contribution in [3.8, 4) is 17.3 Å². The maximum atomic E-state index is 6.04. The average molecular weight is 348 g/mol. The smallest absolute Gasteiger partial charge is 0.217 e. The molecule has 2 heterocycles. The molecule has 3 rings (SSSR count). The molecule has 8 heteroatoms. The van der Waals surface area contributed by atoms with Gasteiger partial charge in [-0.3, -0.25) is 0 Å². The molecule has 2 aromatic heterocycles. The fourth-order valence-electron chi connectivity index (χ4n) is 1.98. The molecule has 6 nitrogen and oxygen atoms in total. The summed E-state index contributed by atoms with van der Waals surface area (Å²) in [4.78, 5) is 8.28. The van der Waals surface area contributed by atoms with Crippen LogP contribution in [0.5, 0.6) is 5.88 Å². The summed E-state index contributed by atoms with van der Waals surface area (Å²) in [7, 11) is 1.91. The highest BCUT2D eigenvalue weighted by molar-refractivity contribution is 7.99. The number of hydrogen-bond donors (Lipinski definition) is 0. The number of ether oxygens (including phenoxy) is 1. The molecule has 0 unspecified atom stereocenters. The van der Waals surface area contributed by atoms with Crippen LogP contribution in [0.2, 0.25) is 5.02 Å². The summed E-state index contributed by atoms with van der Waals surface area (Å²) in [6.45, 7) is 2.47. The Morgan fingerprint density at radius 1 is 1.22 bits per heavy atom. The van der Waals surface area contributed by atoms with Gasteiger partial charge in [0.05, 0.1) is 6.61 Å². The van der Waals surface area contributed by atoms with Crippen LogP contribution in [0.15, 0.2) is 46.8 Å². The molecule has 1 aromatic carbocycles. The summed E-state index contributed by atoms with van der Waals surface area (Å²) >= 11 is 7.44. The third-order valence-electron chi connectivity index (χ3n) is 3.02. The molecule has 0 aliphatic carbocycles. The van der Waals surface area contributed by atoms with Crippen molar-refractivity contribution in [3.05, 3.63) is 41.7 Å². The predicted molar refractivity (Wildman–Crippen MR) is 88.8 cm³/mol. The molecule has 23 heavy (non-hydrogen) atoms. The lowest BCUT2D eigenvalue weighted by molar-refractivity contribution is 0.324. The Morgan fingerprint density at radius 2 is 2.09 bits per heavy atom. The summed E-state index contributed by atoms with van der Waals surface area (Å²) < 4.78 is 7.28. The normalized spacial score (nSPS) is 10.7. The Labute approximate surface area is 142 Å². The Bertz CT molecular complexity index is 823. The molecule has 0 bridgehead atoms. The third-order valence-corrected chi connectivity index (χ3v) is 4.23. The van der Waals surface area contributed by atoms with Gasteiger partial charge in [0.15, 0.2) is 11.0 Å². The minimum atomic E-state index is 0.544. The highest BCUT2D eigenvalue weighted by atomic mass is 35.5. The van der Waals surface area contributed by atoms with Crippen molar-refractivity contribution >= 4 is 23.4 Å². The van der Waals surface area contributed by atoms with Gasteiger partial charge in [0.2, 0.25) is 5.88 Å². The van der Waals surface area contributed by atoms with E-state index in [1.54, 1.807) is 6.07 Å². The molecule has 0 atom stereocenters.